The molecule has 0 aliphatic rings. The number of hydrazone groups is 1. The number of halogens is 1. The van der Waals surface area contributed by atoms with Gasteiger partial charge >= 0.3 is 0 Å². The molecule has 0 bridgehead atoms. The largest absolute Gasteiger partial charge is 0.411 e. The lowest BCUT2D eigenvalue weighted by Crippen LogP contribution is -1.99. The fraction of sp³-hybridized carbons (Fsp3) is 0.385. The van der Waals surface area contributed by atoms with Crippen LogP contribution in [0.1, 0.15) is 34.6 Å². The van der Waals surface area contributed by atoms with E-state index in [0.29, 0.717) is 5.71 Å². The van der Waals surface area contributed by atoms with Crippen molar-refractivity contribution < 1.29 is 9.60 Å². The highest BCUT2D eigenvalue weighted by atomic mass is 19.1. The predicted molar refractivity (Wildman–Crippen MR) is 76.1 cm³/mol. The Kier molecular flexibility index (Phi) is 13.5. The van der Waals surface area contributed by atoms with Gasteiger partial charge in [-0.15, -0.1) is 0 Å². The number of nitrogens with one attached hydrogen (secondary N) is 1. The van der Waals surface area contributed by atoms with Crippen molar-refractivity contribution in [3.8, 4) is 0 Å². The SMILES string of the molecule is CC.CC.CC(/C=N/O)=N/Nc1ccccc1F. The average molecular weight is 255 g/mol. The minimum Gasteiger partial charge on any atom is -0.411 e. The summed E-state index contributed by atoms with van der Waals surface area (Å²) in [5.74, 6) is -0.384. The zero-order chi connectivity index (χ0) is 14.4. The molecular weight excluding hydrogens is 233 g/mol. The Morgan fingerprint density at radius 1 is 1.22 bits per heavy atom. The zero-order valence-corrected chi connectivity index (χ0v) is 11.6. The molecule has 0 aromatic heterocycles. The van der Waals surface area contributed by atoms with Crippen LogP contribution in [0.4, 0.5) is 10.1 Å². The van der Waals surface area contributed by atoms with Crippen molar-refractivity contribution in [2.75, 3.05) is 5.43 Å². The molecule has 0 amide bonds. The maximum absolute atomic E-state index is 13.0. The summed E-state index contributed by atoms with van der Waals surface area (Å²) in [4.78, 5) is 0. The first-order valence-electron chi connectivity index (χ1n) is 5.96. The summed E-state index contributed by atoms with van der Waals surface area (Å²) in [6.07, 6.45) is 1.15. The van der Waals surface area contributed by atoms with Gasteiger partial charge in [0.15, 0.2) is 0 Å². The second kappa shape index (κ2) is 13.2. The van der Waals surface area contributed by atoms with E-state index in [-0.39, 0.29) is 11.5 Å². The molecule has 0 fully saturated rings. The minimum absolute atomic E-state index is 0.276. The molecule has 18 heavy (non-hydrogen) atoms. The van der Waals surface area contributed by atoms with E-state index < -0.39 is 0 Å². The summed E-state index contributed by atoms with van der Waals surface area (Å²) in [7, 11) is 0. The molecule has 0 saturated carbocycles. The van der Waals surface area contributed by atoms with Crippen LogP contribution in [0.2, 0.25) is 0 Å². The van der Waals surface area contributed by atoms with Gasteiger partial charge in [0.1, 0.15) is 5.82 Å². The Morgan fingerprint density at radius 3 is 2.28 bits per heavy atom. The van der Waals surface area contributed by atoms with Crippen LogP contribution in [-0.4, -0.2) is 17.1 Å². The second-order valence-electron chi connectivity index (χ2n) is 2.59. The molecule has 0 heterocycles. The van der Waals surface area contributed by atoms with Crippen LogP contribution < -0.4 is 5.43 Å². The molecule has 0 aliphatic carbocycles. The van der Waals surface area contributed by atoms with Crippen molar-refractivity contribution in [3.63, 3.8) is 0 Å². The van der Waals surface area contributed by atoms with E-state index in [2.05, 4.69) is 15.7 Å². The first-order chi connectivity index (χ1) is 8.74. The molecule has 5 heteroatoms. The topological polar surface area (TPSA) is 57.0 Å². The van der Waals surface area contributed by atoms with Gasteiger partial charge in [-0.25, -0.2) is 4.39 Å². The maximum atomic E-state index is 13.0. The average Bonchev–Trinajstić information content (AvgIpc) is 2.43. The molecule has 102 valence electrons. The van der Waals surface area contributed by atoms with Crippen LogP contribution in [-0.2, 0) is 0 Å². The minimum atomic E-state index is -0.384. The van der Waals surface area contributed by atoms with Crippen molar-refractivity contribution in [1.82, 2.24) is 0 Å². The molecule has 1 aromatic carbocycles. The Morgan fingerprint density at radius 2 is 1.78 bits per heavy atom. The van der Waals surface area contributed by atoms with E-state index in [1.807, 2.05) is 27.7 Å². The van der Waals surface area contributed by atoms with Crippen molar-refractivity contribution in [2.45, 2.75) is 34.6 Å². The van der Waals surface area contributed by atoms with E-state index >= 15 is 0 Å². The van der Waals surface area contributed by atoms with Crippen LogP contribution in [0, 0.1) is 5.82 Å². The highest BCUT2D eigenvalue weighted by Crippen LogP contribution is 2.11. The number of anilines is 1. The van der Waals surface area contributed by atoms with Crippen molar-refractivity contribution in [3.05, 3.63) is 30.1 Å². The molecule has 0 aliphatic heterocycles. The fourth-order valence-corrected chi connectivity index (χ4v) is 0.813. The maximum Gasteiger partial charge on any atom is 0.148 e. The molecule has 0 spiro atoms. The van der Waals surface area contributed by atoms with E-state index in [9.17, 15) is 4.39 Å². The third kappa shape index (κ3) is 8.27. The summed E-state index contributed by atoms with van der Waals surface area (Å²) >= 11 is 0. The standard InChI is InChI=1S/C9H10FN3O.2C2H6/c1-7(6-11-14)12-13-9-5-3-2-4-8(9)10;2*1-2/h2-6,13-14H,1H3;2*1-2H3/b11-6+,12-7-;;. The van der Waals surface area contributed by atoms with Crippen LogP contribution in [0.25, 0.3) is 0 Å². The van der Waals surface area contributed by atoms with Gasteiger partial charge in [0.05, 0.1) is 17.6 Å². The van der Waals surface area contributed by atoms with Crippen LogP contribution in [0.3, 0.4) is 0 Å². The smallest absolute Gasteiger partial charge is 0.148 e. The molecule has 4 nitrogen and oxygen atoms in total. The Bertz CT molecular complexity index is 365. The van der Waals surface area contributed by atoms with Gasteiger partial charge in [-0.1, -0.05) is 45.0 Å². The lowest BCUT2D eigenvalue weighted by Gasteiger charge is -2.01. The highest BCUT2D eigenvalue weighted by molar-refractivity contribution is 6.29. The van der Waals surface area contributed by atoms with Crippen LogP contribution >= 0.6 is 0 Å². The van der Waals surface area contributed by atoms with Gasteiger partial charge < -0.3 is 5.21 Å². The number of hydrogen-bond acceptors (Lipinski definition) is 4. The summed E-state index contributed by atoms with van der Waals surface area (Å²) in [5.41, 5.74) is 3.22. The number of oxime groups is 1. The number of rotatable bonds is 3. The third-order valence-corrected chi connectivity index (χ3v) is 1.47. The normalized spacial score (nSPS) is 10.0. The Balaban J connectivity index is 0. The van der Waals surface area contributed by atoms with Gasteiger partial charge in [-0.3, -0.25) is 5.43 Å². The molecule has 0 atom stereocenters. The monoisotopic (exact) mass is 255 g/mol. The lowest BCUT2D eigenvalue weighted by atomic mass is 10.3. The predicted octanol–water partition coefficient (Wildman–Crippen LogP) is 4.13. The molecule has 1 rings (SSSR count). The van der Waals surface area contributed by atoms with Crippen LogP contribution in [0.15, 0.2) is 34.5 Å². The quantitative estimate of drug-likeness (QED) is 0.485. The lowest BCUT2D eigenvalue weighted by molar-refractivity contribution is 0.322. The summed E-state index contributed by atoms with van der Waals surface area (Å²) in [6.45, 7) is 9.62. The third-order valence-electron chi connectivity index (χ3n) is 1.47. The molecule has 2 N–H and O–H groups in total. The van der Waals surface area contributed by atoms with Crippen molar-refractivity contribution >= 4 is 17.6 Å². The highest BCUT2D eigenvalue weighted by Gasteiger charge is 1.97. The fourth-order valence-electron chi connectivity index (χ4n) is 0.813. The van der Waals surface area contributed by atoms with Gasteiger partial charge in [-0.05, 0) is 19.1 Å². The van der Waals surface area contributed by atoms with Gasteiger partial charge in [0.25, 0.3) is 0 Å². The van der Waals surface area contributed by atoms with Crippen LogP contribution in [0.5, 0.6) is 0 Å². The Labute approximate surface area is 108 Å². The molecular formula is C13H22FN3O. The van der Waals surface area contributed by atoms with Crippen molar-refractivity contribution in [2.24, 2.45) is 10.3 Å². The second-order valence-corrected chi connectivity index (χ2v) is 2.59. The number of benzene rings is 1. The molecule has 0 unspecified atom stereocenters. The van der Waals surface area contributed by atoms with E-state index in [1.54, 1.807) is 25.1 Å². The molecule has 1 aromatic rings. The Hall–Kier alpha value is -1.91. The molecule has 0 saturated heterocycles. The first-order valence-corrected chi connectivity index (χ1v) is 5.96. The summed E-state index contributed by atoms with van der Waals surface area (Å²) in [5, 5.41) is 14.7. The number of nitrogens with zero attached hydrogens (tertiary/aromatic N) is 2. The van der Waals surface area contributed by atoms with E-state index in [1.165, 1.54) is 6.07 Å². The van der Waals surface area contributed by atoms with Gasteiger partial charge in [-0.2, -0.15) is 5.10 Å². The zero-order valence-electron chi connectivity index (χ0n) is 11.6. The van der Waals surface area contributed by atoms with E-state index in [0.717, 1.165) is 6.21 Å². The number of para-hydroxylation sites is 1. The summed E-state index contributed by atoms with van der Waals surface area (Å²) in [6, 6.07) is 6.16. The van der Waals surface area contributed by atoms with Gasteiger partial charge in [0, 0.05) is 0 Å². The molecule has 0 radical (unpaired) electrons. The van der Waals surface area contributed by atoms with E-state index in [4.69, 9.17) is 5.21 Å². The van der Waals surface area contributed by atoms with Gasteiger partial charge in [0.2, 0.25) is 0 Å². The van der Waals surface area contributed by atoms with Crippen molar-refractivity contribution in [1.29, 1.82) is 0 Å². The number of hydrogen-bond donors (Lipinski definition) is 2. The summed E-state index contributed by atoms with van der Waals surface area (Å²) < 4.78 is 13.0. The first kappa shape index (κ1) is 18.5.